The number of aliphatic imine (C=N–C) groups is 1. The summed E-state index contributed by atoms with van der Waals surface area (Å²) in [5, 5.41) is 0. The average Bonchev–Trinajstić information content (AvgIpc) is 2.15. The molecule has 0 fully saturated rings. The van der Waals surface area contributed by atoms with Gasteiger partial charge in [-0.25, -0.2) is 0 Å². The summed E-state index contributed by atoms with van der Waals surface area (Å²) in [5.74, 6) is 0.866. The molecular weight excluding hydrogens is 301 g/mol. The number of hydrogen-bond acceptors (Lipinski definition) is 2. The molecule has 2 nitrogen and oxygen atoms in total. The third kappa shape index (κ3) is 4.20. The summed E-state index contributed by atoms with van der Waals surface area (Å²) in [5.41, 5.74) is 1.07. The van der Waals surface area contributed by atoms with Crippen molar-refractivity contribution in [2.75, 3.05) is 7.11 Å². The minimum atomic E-state index is -0.0356. The largest absolute Gasteiger partial charge is 0.497 e. The summed E-state index contributed by atoms with van der Waals surface area (Å²) < 4.78 is 6.36. The van der Waals surface area contributed by atoms with E-state index < -0.39 is 0 Å². The lowest BCUT2D eigenvalue weighted by Crippen LogP contribution is -2.09. The summed E-state index contributed by atoms with van der Waals surface area (Å²) in [6, 6.07) is 5.98. The fourth-order valence-corrected chi connectivity index (χ4v) is 1.49. The van der Waals surface area contributed by atoms with Crippen LogP contribution < -0.4 is 4.74 Å². The van der Waals surface area contributed by atoms with Gasteiger partial charge in [-0.1, -0.05) is 0 Å². The summed E-state index contributed by atoms with van der Waals surface area (Å²) in [4.78, 5) is 4.48. The lowest BCUT2D eigenvalue weighted by Gasteiger charge is -2.11. The number of methoxy groups -OCH3 is 1. The van der Waals surface area contributed by atoms with Crippen LogP contribution >= 0.6 is 22.6 Å². The Morgan fingerprint density at radius 1 is 1.33 bits per heavy atom. The van der Waals surface area contributed by atoms with Gasteiger partial charge in [0, 0.05) is 15.3 Å². The topological polar surface area (TPSA) is 21.6 Å². The Hall–Kier alpha value is -0.580. The number of benzene rings is 1. The number of nitrogens with zero attached hydrogens (tertiary/aromatic N) is 1. The highest BCUT2D eigenvalue weighted by atomic mass is 127. The summed E-state index contributed by atoms with van der Waals surface area (Å²) in [7, 11) is 1.67. The number of rotatable bonds is 2. The molecule has 1 aromatic carbocycles. The van der Waals surface area contributed by atoms with Crippen molar-refractivity contribution >= 4 is 28.8 Å². The zero-order valence-electron chi connectivity index (χ0n) is 9.54. The minimum absolute atomic E-state index is 0.0356. The molecule has 0 amide bonds. The highest BCUT2D eigenvalue weighted by molar-refractivity contribution is 14.1. The van der Waals surface area contributed by atoms with Gasteiger partial charge < -0.3 is 4.74 Å². The molecular formula is C12H16INO. The monoisotopic (exact) mass is 317 g/mol. The molecule has 15 heavy (non-hydrogen) atoms. The van der Waals surface area contributed by atoms with E-state index in [4.69, 9.17) is 4.74 Å². The standard InChI is InChI=1S/C12H16INO/c1-12(2,3)14-8-9-7-10(15-4)5-6-11(9)13/h5-8H,1-4H3. The van der Waals surface area contributed by atoms with Crippen LogP contribution in [0.15, 0.2) is 23.2 Å². The first-order valence-corrected chi connectivity index (χ1v) is 5.89. The normalized spacial score (nSPS) is 12.1. The first-order chi connectivity index (χ1) is 6.92. The molecule has 1 aromatic rings. The SMILES string of the molecule is COc1ccc(I)c(C=NC(C)(C)C)c1. The predicted molar refractivity (Wildman–Crippen MR) is 73.1 cm³/mol. The van der Waals surface area contributed by atoms with Gasteiger partial charge >= 0.3 is 0 Å². The van der Waals surface area contributed by atoms with Gasteiger partial charge in [-0.15, -0.1) is 0 Å². The van der Waals surface area contributed by atoms with Gasteiger partial charge in [0.25, 0.3) is 0 Å². The second kappa shape index (κ2) is 4.96. The van der Waals surface area contributed by atoms with Crippen molar-refractivity contribution in [2.24, 2.45) is 4.99 Å². The second-order valence-corrected chi connectivity index (χ2v) is 5.48. The van der Waals surface area contributed by atoms with E-state index in [0.29, 0.717) is 0 Å². The maximum atomic E-state index is 5.18. The fraction of sp³-hybridized carbons (Fsp3) is 0.417. The van der Waals surface area contributed by atoms with Crippen LogP contribution in [-0.4, -0.2) is 18.9 Å². The zero-order chi connectivity index (χ0) is 11.5. The third-order valence-corrected chi connectivity index (χ3v) is 2.78. The molecule has 1 rings (SSSR count). The van der Waals surface area contributed by atoms with E-state index in [2.05, 4.69) is 48.4 Å². The minimum Gasteiger partial charge on any atom is -0.497 e. The summed E-state index contributed by atoms with van der Waals surface area (Å²) >= 11 is 2.30. The third-order valence-electron chi connectivity index (χ3n) is 1.79. The van der Waals surface area contributed by atoms with Crippen LogP contribution in [0.4, 0.5) is 0 Å². The molecule has 0 aliphatic rings. The van der Waals surface area contributed by atoms with Gasteiger partial charge in [-0.3, -0.25) is 4.99 Å². The van der Waals surface area contributed by atoms with Gasteiger partial charge in [0.2, 0.25) is 0 Å². The van der Waals surface area contributed by atoms with Crippen LogP contribution in [0.5, 0.6) is 5.75 Å². The fourth-order valence-electron chi connectivity index (χ4n) is 1.01. The van der Waals surface area contributed by atoms with Gasteiger partial charge in [0.1, 0.15) is 5.75 Å². The zero-order valence-corrected chi connectivity index (χ0v) is 11.7. The Morgan fingerprint density at radius 2 is 2.00 bits per heavy atom. The van der Waals surface area contributed by atoms with E-state index in [-0.39, 0.29) is 5.54 Å². The van der Waals surface area contributed by atoms with Gasteiger partial charge in [0.05, 0.1) is 12.6 Å². The molecule has 3 heteroatoms. The number of ether oxygens (including phenoxy) is 1. The molecule has 0 aromatic heterocycles. The first kappa shape index (κ1) is 12.5. The molecule has 0 spiro atoms. The van der Waals surface area contributed by atoms with Crippen LogP contribution in [0.25, 0.3) is 0 Å². The van der Waals surface area contributed by atoms with Crippen molar-refractivity contribution in [3.63, 3.8) is 0 Å². The molecule has 0 saturated heterocycles. The smallest absolute Gasteiger partial charge is 0.119 e. The van der Waals surface area contributed by atoms with Crippen molar-refractivity contribution in [3.8, 4) is 5.75 Å². The Bertz CT molecular complexity index is 366. The second-order valence-electron chi connectivity index (χ2n) is 4.32. The Morgan fingerprint density at radius 3 is 2.53 bits per heavy atom. The first-order valence-electron chi connectivity index (χ1n) is 4.81. The predicted octanol–water partition coefficient (Wildman–Crippen LogP) is 3.52. The van der Waals surface area contributed by atoms with Crippen LogP contribution in [0.2, 0.25) is 0 Å². The molecule has 0 radical (unpaired) electrons. The van der Waals surface area contributed by atoms with Gasteiger partial charge in [-0.2, -0.15) is 0 Å². The van der Waals surface area contributed by atoms with Crippen molar-refractivity contribution in [1.29, 1.82) is 0 Å². The van der Waals surface area contributed by atoms with Crippen LogP contribution in [0, 0.1) is 3.57 Å². The van der Waals surface area contributed by atoms with E-state index in [1.807, 2.05) is 24.4 Å². The van der Waals surface area contributed by atoms with E-state index in [0.717, 1.165) is 11.3 Å². The van der Waals surface area contributed by atoms with Gasteiger partial charge in [-0.05, 0) is 61.6 Å². The summed E-state index contributed by atoms with van der Waals surface area (Å²) in [6.45, 7) is 6.24. The van der Waals surface area contributed by atoms with E-state index in [1.54, 1.807) is 7.11 Å². The molecule has 0 aliphatic heterocycles. The highest BCUT2D eigenvalue weighted by Gasteiger charge is 2.06. The molecule has 0 heterocycles. The molecule has 0 aliphatic carbocycles. The lowest BCUT2D eigenvalue weighted by atomic mass is 10.1. The van der Waals surface area contributed by atoms with Crippen LogP contribution in [-0.2, 0) is 0 Å². The van der Waals surface area contributed by atoms with Crippen molar-refractivity contribution in [3.05, 3.63) is 27.3 Å². The molecule has 0 unspecified atom stereocenters. The van der Waals surface area contributed by atoms with Gasteiger partial charge in [0.15, 0.2) is 0 Å². The van der Waals surface area contributed by atoms with Crippen molar-refractivity contribution in [2.45, 2.75) is 26.3 Å². The maximum Gasteiger partial charge on any atom is 0.119 e. The van der Waals surface area contributed by atoms with E-state index in [1.165, 1.54) is 3.57 Å². The van der Waals surface area contributed by atoms with E-state index in [9.17, 15) is 0 Å². The Balaban J connectivity index is 2.98. The molecule has 0 saturated carbocycles. The number of halogens is 1. The highest BCUT2D eigenvalue weighted by Crippen LogP contribution is 2.18. The van der Waals surface area contributed by atoms with Crippen LogP contribution in [0.1, 0.15) is 26.3 Å². The summed E-state index contributed by atoms with van der Waals surface area (Å²) in [6.07, 6.45) is 1.91. The Kier molecular flexibility index (Phi) is 4.13. The lowest BCUT2D eigenvalue weighted by molar-refractivity contribution is 0.414. The quantitative estimate of drug-likeness (QED) is 0.604. The van der Waals surface area contributed by atoms with Crippen molar-refractivity contribution < 1.29 is 4.74 Å². The molecule has 0 atom stereocenters. The Labute approximate surface area is 105 Å². The average molecular weight is 317 g/mol. The number of hydrogen-bond donors (Lipinski definition) is 0. The molecule has 0 bridgehead atoms. The molecule has 0 N–H and O–H groups in total. The van der Waals surface area contributed by atoms with E-state index >= 15 is 0 Å². The van der Waals surface area contributed by atoms with Crippen molar-refractivity contribution in [1.82, 2.24) is 0 Å². The van der Waals surface area contributed by atoms with Crippen LogP contribution in [0.3, 0.4) is 0 Å². The molecule has 82 valence electrons. The maximum absolute atomic E-state index is 5.18.